The van der Waals surface area contributed by atoms with Gasteiger partial charge in [-0.3, -0.25) is 9.47 Å². The monoisotopic (exact) mass is 485 g/mol. The average Bonchev–Trinajstić information content (AvgIpc) is 3.23. The Balaban J connectivity index is 1.33. The molecule has 0 atom stereocenters. The number of piperazine rings is 1. The minimum atomic E-state index is -0.478. The second kappa shape index (κ2) is 9.58. The molecule has 36 heavy (non-hydrogen) atoms. The Morgan fingerprint density at radius 2 is 1.67 bits per heavy atom. The third kappa shape index (κ3) is 5.01. The molecule has 5 rings (SSSR count). The minimum absolute atomic E-state index is 0.238. The molecule has 3 aromatic heterocycles. The van der Waals surface area contributed by atoms with Crippen molar-refractivity contribution in [1.82, 2.24) is 29.3 Å². The van der Waals surface area contributed by atoms with E-state index in [4.69, 9.17) is 15.5 Å². The Kier molecular flexibility index (Phi) is 6.32. The number of fused-ring (bicyclic) bond motifs is 1. The zero-order valence-corrected chi connectivity index (χ0v) is 20.9. The molecule has 2 N–H and O–H groups in total. The second-order valence-corrected chi connectivity index (χ2v) is 9.96. The van der Waals surface area contributed by atoms with Crippen molar-refractivity contribution in [3.05, 3.63) is 66.5 Å². The van der Waals surface area contributed by atoms with Crippen LogP contribution >= 0.6 is 0 Å². The summed E-state index contributed by atoms with van der Waals surface area (Å²) in [6.07, 6.45) is 3.20. The maximum absolute atomic E-state index is 12.3. The van der Waals surface area contributed by atoms with E-state index in [1.54, 1.807) is 17.3 Å². The Labute approximate surface area is 210 Å². The van der Waals surface area contributed by atoms with Gasteiger partial charge < -0.3 is 15.4 Å². The molecule has 1 aromatic carbocycles. The zero-order chi connectivity index (χ0) is 25.3. The summed E-state index contributed by atoms with van der Waals surface area (Å²) in [5.41, 5.74) is 10.2. The van der Waals surface area contributed by atoms with Gasteiger partial charge in [-0.25, -0.2) is 19.7 Å². The molecular weight excluding hydrogens is 454 g/mol. The van der Waals surface area contributed by atoms with Crippen molar-refractivity contribution < 1.29 is 9.53 Å². The molecular formula is C27H31N7O2. The number of ether oxygens (including phenoxy) is 1. The number of carbonyl (C=O) groups excluding carboxylic acids is 1. The molecule has 0 aliphatic carbocycles. The van der Waals surface area contributed by atoms with Crippen molar-refractivity contribution >= 4 is 23.1 Å². The molecule has 0 saturated carbocycles. The average molecular weight is 486 g/mol. The predicted octanol–water partition coefficient (Wildman–Crippen LogP) is 4.12. The van der Waals surface area contributed by atoms with Gasteiger partial charge in [0.1, 0.15) is 16.9 Å². The molecule has 0 radical (unpaired) electrons. The van der Waals surface area contributed by atoms with E-state index in [1.807, 2.05) is 49.6 Å². The number of imidazole rings is 1. The lowest BCUT2D eigenvalue weighted by Gasteiger charge is -2.35. The van der Waals surface area contributed by atoms with E-state index in [2.05, 4.69) is 39.1 Å². The Bertz CT molecular complexity index is 1370. The van der Waals surface area contributed by atoms with Gasteiger partial charge in [-0.2, -0.15) is 0 Å². The van der Waals surface area contributed by atoms with Crippen LogP contribution in [0.2, 0.25) is 0 Å². The van der Waals surface area contributed by atoms with Crippen LogP contribution in [0.15, 0.2) is 60.9 Å². The van der Waals surface area contributed by atoms with E-state index in [0.717, 1.165) is 42.0 Å². The molecule has 9 heteroatoms. The molecule has 4 aromatic rings. The number of nitrogen functional groups attached to an aromatic ring is 1. The van der Waals surface area contributed by atoms with Crippen molar-refractivity contribution in [3.8, 4) is 17.1 Å². The van der Waals surface area contributed by atoms with Crippen LogP contribution in [-0.2, 0) is 11.3 Å². The van der Waals surface area contributed by atoms with Gasteiger partial charge in [0.25, 0.3) is 0 Å². The van der Waals surface area contributed by atoms with E-state index in [9.17, 15) is 4.79 Å². The van der Waals surface area contributed by atoms with Crippen LogP contribution in [0, 0.1) is 0 Å². The first-order valence-corrected chi connectivity index (χ1v) is 12.1. The van der Waals surface area contributed by atoms with E-state index >= 15 is 0 Å². The SMILES string of the molecule is CC(C)(C)OC(=O)N1CCN(Cc2ccc(-n3c(-c4cccnc4N)nc4cccnc43)cc2)CC1. The Hall–Kier alpha value is -3.98. The lowest BCUT2D eigenvalue weighted by Crippen LogP contribution is -2.49. The number of hydrogen-bond acceptors (Lipinski definition) is 7. The fourth-order valence-electron chi connectivity index (χ4n) is 4.37. The molecule has 9 nitrogen and oxygen atoms in total. The first-order valence-electron chi connectivity index (χ1n) is 12.1. The highest BCUT2D eigenvalue weighted by molar-refractivity contribution is 5.82. The van der Waals surface area contributed by atoms with Crippen LogP contribution < -0.4 is 5.73 Å². The first kappa shape index (κ1) is 23.7. The number of anilines is 1. The fraction of sp³-hybridized carbons (Fsp3) is 0.333. The number of hydrogen-bond donors (Lipinski definition) is 1. The third-order valence-corrected chi connectivity index (χ3v) is 6.12. The quantitative estimate of drug-likeness (QED) is 0.464. The van der Waals surface area contributed by atoms with Gasteiger partial charge in [-0.05, 0) is 62.7 Å². The molecule has 0 unspecified atom stereocenters. The summed E-state index contributed by atoms with van der Waals surface area (Å²) in [6, 6.07) is 16.0. The first-order chi connectivity index (χ1) is 17.3. The standard InChI is InChI=1S/C27H31N7O2/c1-27(2,3)36-26(35)33-16-14-32(15-17-33)18-19-8-10-20(11-9-19)34-24(21-6-4-12-29-23(21)28)31-22-7-5-13-30-25(22)34/h4-13H,14-18H2,1-3H3,(H2,28,29). The highest BCUT2D eigenvalue weighted by Gasteiger charge is 2.26. The van der Waals surface area contributed by atoms with Crippen molar-refractivity contribution in [2.24, 2.45) is 0 Å². The van der Waals surface area contributed by atoms with E-state index < -0.39 is 5.60 Å². The number of pyridine rings is 2. The summed E-state index contributed by atoms with van der Waals surface area (Å²) >= 11 is 0. The Morgan fingerprint density at radius 1 is 0.972 bits per heavy atom. The van der Waals surface area contributed by atoms with Crippen molar-refractivity contribution in [2.45, 2.75) is 32.9 Å². The number of nitrogens with two attached hydrogens (primary N) is 1. The molecule has 4 heterocycles. The van der Waals surface area contributed by atoms with Gasteiger partial charge in [0.15, 0.2) is 11.5 Å². The summed E-state index contributed by atoms with van der Waals surface area (Å²) in [5.74, 6) is 1.14. The number of amides is 1. The summed E-state index contributed by atoms with van der Waals surface area (Å²) in [6.45, 7) is 9.42. The minimum Gasteiger partial charge on any atom is -0.444 e. The molecule has 186 valence electrons. The molecule has 1 saturated heterocycles. The van der Waals surface area contributed by atoms with Gasteiger partial charge in [0.05, 0.1) is 5.56 Å². The van der Waals surface area contributed by atoms with Crippen LogP contribution in [-0.4, -0.2) is 67.2 Å². The fourth-order valence-corrected chi connectivity index (χ4v) is 4.37. The zero-order valence-electron chi connectivity index (χ0n) is 20.9. The molecule has 0 bridgehead atoms. The van der Waals surface area contributed by atoms with Crippen LogP contribution in [0.1, 0.15) is 26.3 Å². The normalized spacial score (nSPS) is 14.8. The molecule has 1 aliphatic rings. The van der Waals surface area contributed by atoms with E-state index in [1.165, 1.54) is 5.56 Å². The molecule has 1 amide bonds. The van der Waals surface area contributed by atoms with Gasteiger partial charge in [0, 0.05) is 50.8 Å². The van der Waals surface area contributed by atoms with Crippen LogP contribution in [0.25, 0.3) is 28.2 Å². The summed E-state index contributed by atoms with van der Waals surface area (Å²) in [5, 5.41) is 0. The van der Waals surface area contributed by atoms with Crippen LogP contribution in [0.4, 0.5) is 10.6 Å². The molecule has 1 aliphatic heterocycles. The number of carbonyl (C=O) groups is 1. The maximum atomic E-state index is 12.3. The summed E-state index contributed by atoms with van der Waals surface area (Å²) in [4.78, 5) is 30.1. The maximum Gasteiger partial charge on any atom is 0.410 e. The van der Waals surface area contributed by atoms with Crippen LogP contribution in [0.5, 0.6) is 0 Å². The van der Waals surface area contributed by atoms with Crippen molar-refractivity contribution in [2.75, 3.05) is 31.9 Å². The summed E-state index contributed by atoms with van der Waals surface area (Å²) < 4.78 is 7.52. The molecule has 1 fully saturated rings. The number of aromatic nitrogens is 4. The van der Waals surface area contributed by atoms with Gasteiger partial charge in [-0.1, -0.05) is 12.1 Å². The third-order valence-electron chi connectivity index (χ3n) is 6.12. The number of rotatable bonds is 4. The Morgan fingerprint density at radius 3 is 2.36 bits per heavy atom. The predicted molar refractivity (Wildman–Crippen MR) is 140 cm³/mol. The summed E-state index contributed by atoms with van der Waals surface area (Å²) in [7, 11) is 0. The van der Waals surface area contributed by atoms with Crippen LogP contribution in [0.3, 0.4) is 0 Å². The van der Waals surface area contributed by atoms with Gasteiger partial charge in [0.2, 0.25) is 0 Å². The van der Waals surface area contributed by atoms with Crippen molar-refractivity contribution in [3.63, 3.8) is 0 Å². The number of nitrogens with zero attached hydrogens (tertiary/aromatic N) is 6. The van der Waals surface area contributed by atoms with Crippen molar-refractivity contribution in [1.29, 1.82) is 0 Å². The second-order valence-electron chi connectivity index (χ2n) is 9.96. The smallest absolute Gasteiger partial charge is 0.410 e. The largest absolute Gasteiger partial charge is 0.444 e. The number of benzene rings is 1. The van der Waals surface area contributed by atoms with E-state index in [0.29, 0.717) is 24.7 Å². The van der Waals surface area contributed by atoms with E-state index in [-0.39, 0.29) is 6.09 Å². The van der Waals surface area contributed by atoms with Gasteiger partial charge >= 0.3 is 6.09 Å². The topological polar surface area (TPSA) is 102 Å². The lowest BCUT2D eigenvalue weighted by atomic mass is 10.1. The van der Waals surface area contributed by atoms with Gasteiger partial charge in [-0.15, -0.1) is 0 Å². The highest BCUT2D eigenvalue weighted by Crippen LogP contribution is 2.30. The molecule has 0 spiro atoms. The lowest BCUT2D eigenvalue weighted by molar-refractivity contribution is 0.0139. The highest BCUT2D eigenvalue weighted by atomic mass is 16.6.